The zero-order chi connectivity index (χ0) is 10.4. The maximum atomic E-state index is 2.16. The number of hydrogen-bond donors (Lipinski definition) is 0. The van der Waals surface area contributed by atoms with Gasteiger partial charge in [-0.25, -0.2) is 0 Å². The van der Waals surface area contributed by atoms with Gasteiger partial charge in [-0.05, 0) is 48.2 Å². The van der Waals surface area contributed by atoms with E-state index in [2.05, 4.69) is 39.0 Å². The lowest BCUT2D eigenvalue weighted by atomic mass is 10.1. The summed E-state index contributed by atoms with van der Waals surface area (Å²) in [7, 11) is 0. The van der Waals surface area contributed by atoms with E-state index in [0.717, 1.165) is 0 Å². The molecule has 0 spiro atoms. The van der Waals surface area contributed by atoms with Crippen molar-refractivity contribution in [3.05, 3.63) is 57.8 Å². The summed E-state index contributed by atoms with van der Waals surface area (Å²) in [5, 5.41) is 4.08. The molecule has 0 unspecified atom stereocenters. The predicted molar refractivity (Wildman–Crippen MR) is 65.0 cm³/mol. The van der Waals surface area contributed by atoms with Crippen LogP contribution < -0.4 is 0 Å². The van der Waals surface area contributed by atoms with Crippen LogP contribution in [0.5, 0.6) is 0 Å². The normalized spacial score (nSPS) is 9.07. The molecule has 1 heterocycles. The molecule has 0 fully saturated rings. The Hall–Kier alpha value is -1.08. The van der Waals surface area contributed by atoms with Crippen molar-refractivity contribution in [2.75, 3.05) is 0 Å². The molecule has 14 heavy (non-hydrogen) atoms. The van der Waals surface area contributed by atoms with Gasteiger partial charge in [0.05, 0.1) is 0 Å². The fourth-order valence-corrected chi connectivity index (χ4v) is 1.58. The summed E-state index contributed by atoms with van der Waals surface area (Å²) >= 11 is 1.71. The van der Waals surface area contributed by atoms with Gasteiger partial charge in [0.1, 0.15) is 0 Å². The van der Waals surface area contributed by atoms with E-state index in [1.165, 1.54) is 16.7 Å². The van der Waals surface area contributed by atoms with Crippen LogP contribution in [0.15, 0.2) is 41.1 Å². The first-order valence-electron chi connectivity index (χ1n) is 4.72. The highest BCUT2D eigenvalue weighted by molar-refractivity contribution is 7.07. The van der Waals surface area contributed by atoms with Crippen molar-refractivity contribution in [3.8, 4) is 0 Å². The summed E-state index contributed by atoms with van der Waals surface area (Å²) in [6.07, 6.45) is 0. The second kappa shape index (κ2) is 5.61. The van der Waals surface area contributed by atoms with Crippen LogP contribution in [-0.4, -0.2) is 0 Å². The average molecular weight is 204 g/mol. The average Bonchev–Trinajstić information content (AvgIpc) is 2.72. The van der Waals surface area contributed by atoms with Gasteiger partial charge in [0, 0.05) is 0 Å². The molecule has 0 aliphatic carbocycles. The molecule has 0 radical (unpaired) electrons. The van der Waals surface area contributed by atoms with E-state index in [0.29, 0.717) is 0 Å². The Morgan fingerprint density at radius 1 is 0.786 bits per heavy atom. The van der Waals surface area contributed by atoms with Crippen molar-refractivity contribution in [2.24, 2.45) is 0 Å². The van der Waals surface area contributed by atoms with Gasteiger partial charge in [-0.1, -0.05) is 30.3 Å². The van der Waals surface area contributed by atoms with Crippen molar-refractivity contribution in [2.45, 2.75) is 20.8 Å². The Kier molecular flexibility index (Phi) is 4.41. The van der Waals surface area contributed by atoms with E-state index in [9.17, 15) is 0 Å². The molecule has 0 saturated heterocycles. The van der Waals surface area contributed by atoms with Crippen LogP contribution in [0.2, 0.25) is 0 Å². The van der Waals surface area contributed by atoms with Gasteiger partial charge in [0.2, 0.25) is 0 Å². The Morgan fingerprint density at radius 3 is 1.57 bits per heavy atom. The number of aryl methyl sites for hydroxylation is 2. The fourth-order valence-electron chi connectivity index (χ4n) is 1.12. The summed E-state index contributed by atoms with van der Waals surface area (Å²) in [5.74, 6) is 0. The van der Waals surface area contributed by atoms with Gasteiger partial charge < -0.3 is 0 Å². The summed E-state index contributed by atoms with van der Waals surface area (Å²) in [6, 6.07) is 10.4. The Balaban J connectivity index is 0.000000165. The molecule has 2 aromatic rings. The molecule has 74 valence electrons. The molecule has 1 aromatic carbocycles. The van der Waals surface area contributed by atoms with Gasteiger partial charge in [-0.2, -0.15) is 11.3 Å². The van der Waals surface area contributed by atoms with E-state index < -0.39 is 0 Å². The number of benzene rings is 1. The highest BCUT2D eigenvalue weighted by atomic mass is 32.1. The minimum atomic E-state index is 1.38. The number of hydrogen-bond acceptors (Lipinski definition) is 1. The monoisotopic (exact) mass is 204 g/mol. The third-order valence-electron chi connectivity index (χ3n) is 2.30. The zero-order valence-corrected chi connectivity index (χ0v) is 9.77. The highest BCUT2D eigenvalue weighted by Gasteiger charge is 1.91. The Morgan fingerprint density at radius 2 is 1.29 bits per heavy atom. The van der Waals surface area contributed by atoms with Gasteiger partial charge >= 0.3 is 0 Å². The summed E-state index contributed by atoms with van der Waals surface area (Å²) < 4.78 is 0. The largest absolute Gasteiger partial charge is 0.152 e. The lowest BCUT2D eigenvalue weighted by molar-refractivity contribution is 1.27. The van der Waals surface area contributed by atoms with Gasteiger partial charge in [-0.15, -0.1) is 0 Å². The SMILES string of the molecule is Cc1cccc(C)c1C.c1ccsc1. The molecule has 0 amide bonds. The van der Waals surface area contributed by atoms with Crippen LogP contribution in [0.25, 0.3) is 0 Å². The van der Waals surface area contributed by atoms with Crippen molar-refractivity contribution in [1.82, 2.24) is 0 Å². The molecule has 1 heteroatoms. The molecular weight excluding hydrogens is 188 g/mol. The number of rotatable bonds is 0. The van der Waals surface area contributed by atoms with Crippen LogP contribution >= 0.6 is 11.3 Å². The molecule has 1 aromatic heterocycles. The first-order chi connectivity index (χ1) is 6.72. The summed E-state index contributed by atoms with van der Waals surface area (Å²) in [5.41, 5.74) is 4.18. The minimum absolute atomic E-state index is 1.38. The van der Waals surface area contributed by atoms with E-state index in [-0.39, 0.29) is 0 Å². The molecule has 0 N–H and O–H groups in total. The molecule has 0 atom stereocenters. The topological polar surface area (TPSA) is 0 Å². The second-order valence-corrected chi connectivity index (χ2v) is 4.13. The molecule has 2 rings (SSSR count). The van der Waals surface area contributed by atoms with Crippen LogP contribution in [0.4, 0.5) is 0 Å². The van der Waals surface area contributed by atoms with Gasteiger partial charge in [0.15, 0.2) is 0 Å². The van der Waals surface area contributed by atoms with Crippen molar-refractivity contribution >= 4 is 11.3 Å². The van der Waals surface area contributed by atoms with Crippen LogP contribution in [0, 0.1) is 20.8 Å². The lowest BCUT2D eigenvalue weighted by Crippen LogP contribution is -1.82. The maximum Gasteiger partial charge on any atom is -0.00934 e. The standard InChI is InChI=1S/C9H12.C4H4S/c1-7-5-4-6-8(2)9(7)3;1-2-4-5-3-1/h4-6H,1-3H3;1-4H. The Labute approximate surface area is 90.2 Å². The third-order valence-corrected chi connectivity index (χ3v) is 2.93. The quantitative estimate of drug-likeness (QED) is 0.598. The molecule has 0 saturated carbocycles. The highest BCUT2D eigenvalue weighted by Crippen LogP contribution is 2.09. The minimum Gasteiger partial charge on any atom is -0.152 e. The second-order valence-electron chi connectivity index (χ2n) is 3.31. The molecular formula is C13H16S. The van der Waals surface area contributed by atoms with Gasteiger partial charge in [-0.3, -0.25) is 0 Å². The first kappa shape index (κ1) is 11.0. The predicted octanol–water partition coefficient (Wildman–Crippen LogP) is 4.36. The maximum absolute atomic E-state index is 2.16. The number of thiophene rings is 1. The molecule has 0 aliphatic heterocycles. The van der Waals surface area contributed by atoms with Crippen LogP contribution in [-0.2, 0) is 0 Å². The van der Waals surface area contributed by atoms with Crippen molar-refractivity contribution in [1.29, 1.82) is 0 Å². The smallest absolute Gasteiger partial charge is 0.00934 e. The molecule has 0 aliphatic rings. The molecule has 0 bridgehead atoms. The first-order valence-corrected chi connectivity index (χ1v) is 5.66. The molecule has 0 nitrogen and oxygen atoms in total. The fraction of sp³-hybridized carbons (Fsp3) is 0.231. The van der Waals surface area contributed by atoms with Crippen LogP contribution in [0.3, 0.4) is 0 Å². The Bertz CT molecular complexity index is 323. The summed E-state index contributed by atoms with van der Waals surface area (Å²) in [6.45, 7) is 6.44. The third kappa shape index (κ3) is 3.35. The van der Waals surface area contributed by atoms with E-state index >= 15 is 0 Å². The van der Waals surface area contributed by atoms with Crippen LogP contribution in [0.1, 0.15) is 16.7 Å². The lowest BCUT2D eigenvalue weighted by Gasteiger charge is -2.00. The van der Waals surface area contributed by atoms with Crippen molar-refractivity contribution in [3.63, 3.8) is 0 Å². The van der Waals surface area contributed by atoms with E-state index in [4.69, 9.17) is 0 Å². The van der Waals surface area contributed by atoms with Crippen molar-refractivity contribution < 1.29 is 0 Å². The van der Waals surface area contributed by atoms with Gasteiger partial charge in [0.25, 0.3) is 0 Å². The van der Waals surface area contributed by atoms with E-state index in [1.807, 2.05) is 22.9 Å². The van der Waals surface area contributed by atoms with E-state index in [1.54, 1.807) is 11.3 Å². The summed E-state index contributed by atoms with van der Waals surface area (Å²) in [4.78, 5) is 0. The zero-order valence-electron chi connectivity index (χ0n) is 8.95.